The van der Waals surface area contributed by atoms with Crippen molar-refractivity contribution in [3.8, 4) is 5.75 Å². The molecular formula is C24H17ClO2S. The van der Waals surface area contributed by atoms with Crippen LogP contribution in [0.1, 0.15) is 13.3 Å². The minimum absolute atomic E-state index is 0.0363. The Balaban J connectivity index is 1.88. The number of rotatable bonds is 3. The molecule has 0 aliphatic carbocycles. The van der Waals surface area contributed by atoms with Gasteiger partial charge in [-0.05, 0) is 64.4 Å². The van der Waals surface area contributed by atoms with Gasteiger partial charge < -0.3 is 4.74 Å². The molecule has 4 heteroatoms. The van der Waals surface area contributed by atoms with E-state index in [0.29, 0.717) is 22.4 Å². The first kappa shape index (κ1) is 17.5. The summed E-state index contributed by atoms with van der Waals surface area (Å²) in [7, 11) is 0. The topological polar surface area (TPSA) is 26.3 Å². The Morgan fingerprint density at radius 2 is 1.64 bits per heavy atom. The highest BCUT2D eigenvalue weighted by Crippen LogP contribution is 2.37. The van der Waals surface area contributed by atoms with E-state index in [1.807, 2.05) is 24.3 Å². The van der Waals surface area contributed by atoms with Gasteiger partial charge in [0.1, 0.15) is 5.75 Å². The van der Waals surface area contributed by atoms with Crippen molar-refractivity contribution in [2.45, 2.75) is 13.3 Å². The predicted octanol–water partition coefficient (Wildman–Crippen LogP) is 7.16. The highest BCUT2D eigenvalue weighted by Gasteiger charge is 2.14. The van der Waals surface area contributed by atoms with Crippen LogP contribution in [0, 0.1) is 0 Å². The molecule has 2 nitrogen and oxygen atoms in total. The van der Waals surface area contributed by atoms with E-state index in [2.05, 4.69) is 37.3 Å². The second kappa shape index (κ2) is 6.77. The maximum Gasteiger partial charge on any atom is 0.197 e. The molecule has 0 saturated carbocycles. The predicted molar refractivity (Wildman–Crippen MR) is 121 cm³/mol. The molecule has 5 rings (SSSR count). The van der Waals surface area contributed by atoms with Crippen LogP contribution in [0.5, 0.6) is 5.75 Å². The van der Waals surface area contributed by atoms with Gasteiger partial charge in [-0.3, -0.25) is 4.79 Å². The van der Waals surface area contributed by atoms with Gasteiger partial charge in [0.2, 0.25) is 0 Å². The molecule has 0 bridgehead atoms. The zero-order valence-electron chi connectivity index (χ0n) is 15.3. The Hall–Kier alpha value is -2.62. The van der Waals surface area contributed by atoms with Crippen LogP contribution in [-0.2, 0) is 0 Å². The first-order valence-corrected chi connectivity index (χ1v) is 10.5. The molecule has 4 aromatic carbocycles. The molecule has 0 N–H and O–H groups in total. The van der Waals surface area contributed by atoms with Gasteiger partial charge in [-0.25, -0.2) is 0 Å². The van der Waals surface area contributed by atoms with Gasteiger partial charge in [-0.2, -0.15) is 0 Å². The van der Waals surface area contributed by atoms with Crippen molar-refractivity contribution in [3.05, 3.63) is 75.9 Å². The summed E-state index contributed by atoms with van der Waals surface area (Å²) in [5, 5.41) is 6.27. The monoisotopic (exact) mass is 404 g/mol. The van der Waals surface area contributed by atoms with E-state index >= 15 is 0 Å². The molecular weight excluding hydrogens is 388 g/mol. The van der Waals surface area contributed by atoms with Crippen LogP contribution in [-0.4, -0.2) is 6.61 Å². The lowest BCUT2D eigenvalue weighted by Gasteiger charge is -2.11. The van der Waals surface area contributed by atoms with Crippen LogP contribution in [0.15, 0.2) is 65.5 Å². The normalized spacial score (nSPS) is 11.6. The summed E-state index contributed by atoms with van der Waals surface area (Å²) in [6, 6.07) is 20.3. The summed E-state index contributed by atoms with van der Waals surface area (Å²) in [6.07, 6.45) is 0.907. The van der Waals surface area contributed by atoms with Gasteiger partial charge in [0, 0.05) is 10.1 Å². The smallest absolute Gasteiger partial charge is 0.197 e. The lowest BCUT2D eigenvalue weighted by Crippen LogP contribution is -2.04. The van der Waals surface area contributed by atoms with Gasteiger partial charge in [0.05, 0.1) is 21.7 Å². The average molecular weight is 405 g/mol. The van der Waals surface area contributed by atoms with Gasteiger partial charge in [0.15, 0.2) is 5.43 Å². The van der Waals surface area contributed by atoms with Gasteiger partial charge in [-0.1, -0.05) is 42.8 Å². The minimum Gasteiger partial charge on any atom is -0.492 e. The van der Waals surface area contributed by atoms with Crippen molar-refractivity contribution < 1.29 is 4.74 Å². The van der Waals surface area contributed by atoms with Crippen molar-refractivity contribution in [2.75, 3.05) is 6.61 Å². The number of ether oxygens (including phenoxy) is 1. The maximum atomic E-state index is 13.3. The lowest BCUT2D eigenvalue weighted by atomic mass is 10.0. The fraction of sp³-hybridized carbons (Fsp3) is 0.125. The van der Waals surface area contributed by atoms with E-state index in [0.717, 1.165) is 32.3 Å². The summed E-state index contributed by atoms with van der Waals surface area (Å²) in [5.41, 5.74) is -0.0363. The summed E-state index contributed by atoms with van der Waals surface area (Å²) in [6.45, 7) is 2.67. The summed E-state index contributed by atoms with van der Waals surface area (Å²) < 4.78 is 7.65. The van der Waals surface area contributed by atoms with Crippen LogP contribution in [0.25, 0.3) is 41.7 Å². The molecule has 0 aliphatic heterocycles. The summed E-state index contributed by atoms with van der Waals surface area (Å²) in [5.74, 6) is 0.726. The molecule has 0 saturated heterocycles. The minimum atomic E-state index is -0.0363. The first-order chi connectivity index (χ1) is 13.7. The highest BCUT2D eigenvalue weighted by atomic mass is 35.5. The molecule has 28 heavy (non-hydrogen) atoms. The largest absolute Gasteiger partial charge is 0.492 e. The van der Waals surface area contributed by atoms with Gasteiger partial charge >= 0.3 is 0 Å². The second-order valence-corrected chi connectivity index (χ2v) is 8.38. The molecule has 0 spiro atoms. The third-order valence-corrected chi connectivity index (χ3v) is 6.50. The molecule has 5 aromatic rings. The Kier molecular flexibility index (Phi) is 4.22. The molecule has 0 atom stereocenters. The molecule has 1 heterocycles. The molecule has 0 amide bonds. The van der Waals surface area contributed by atoms with Gasteiger partial charge in [0.25, 0.3) is 0 Å². The summed E-state index contributed by atoms with van der Waals surface area (Å²) in [4.78, 5) is 13.3. The average Bonchev–Trinajstić information content (AvgIpc) is 2.70. The Morgan fingerprint density at radius 1 is 0.929 bits per heavy atom. The van der Waals surface area contributed by atoms with E-state index in [1.165, 1.54) is 10.8 Å². The number of halogens is 1. The van der Waals surface area contributed by atoms with E-state index in [-0.39, 0.29) is 5.43 Å². The van der Waals surface area contributed by atoms with Crippen LogP contribution in [0.4, 0.5) is 0 Å². The zero-order chi connectivity index (χ0) is 19.3. The molecule has 138 valence electrons. The second-order valence-electron chi connectivity index (χ2n) is 6.92. The molecule has 1 aromatic heterocycles. The molecule has 0 fully saturated rings. The SMILES string of the molecule is CCCOc1ccc(Cl)c2c(=O)c3cc4cc5ccccc5cc4cc3sc12. The van der Waals surface area contributed by atoms with Crippen LogP contribution in [0.3, 0.4) is 0 Å². The Bertz CT molecular complexity index is 1440. The quantitative estimate of drug-likeness (QED) is 0.298. The van der Waals surface area contributed by atoms with E-state index < -0.39 is 0 Å². The molecule has 0 unspecified atom stereocenters. The third kappa shape index (κ3) is 2.74. The molecule has 0 radical (unpaired) electrons. The van der Waals surface area contributed by atoms with Crippen molar-refractivity contribution in [1.82, 2.24) is 0 Å². The fourth-order valence-electron chi connectivity index (χ4n) is 3.66. The zero-order valence-corrected chi connectivity index (χ0v) is 16.9. The molecule has 0 aliphatic rings. The Morgan fingerprint density at radius 3 is 2.36 bits per heavy atom. The number of benzene rings is 4. The van der Waals surface area contributed by atoms with Crippen LogP contribution >= 0.6 is 22.9 Å². The standard InChI is InChI=1S/C24H17ClO2S/c1-2-9-27-20-8-7-19(25)22-23(26)18-12-16-10-14-5-3-4-6-15(14)11-17(16)13-21(18)28-24(20)22/h3-8,10-13H,2,9H2,1H3. The fourth-order valence-corrected chi connectivity index (χ4v) is 5.15. The third-order valence-electron chi connectivity index (χ3n) is 5.02. The lowest BCUT2D eigenvalue weighted by molar-refractivity contribution is 0.321. The number of hydrogen-bond donors (Lipinski definition) is 0. The van der Waals surface area contributed by atoms with Crippen molar-refractivity contribution >= 4 is 64.7 Å². The Labute approximate surface area is 170 Å². The van der Waals surface area contributed by atoms with Crippen molar-refractivity contribution in [1.29, 1.82) is 0 Å². The van der Waals surface area contributed by atoms with Gasteiger partial charge in [-0.15, -0.1) is 11.3 Å². The van der Waals surface area contributed by atoms with E-state index in [9.17, 15) is 4.79 Å². The van der Waals surface area contributed by atoms with E-state index in [4.69, 9.17) is 16.3 Å². The van der Waals surface area contributed by atoms with Crippen LogP contribution in [0.2, 0.25) is 5.02 Å². The first-order valence-electron chi connectivity index (χ1n) is 9.30. The maximum absolute atomic E-state index is 13.3. The summed E-state index contributed by atoms with van der Waals surface area (Å²) >= 11 is 7.98. The number of hydrogen-bond acceptors (Lipinski definition) is 3. The number of fused-ring (bicyclic) bond motifs is 4. The van der Waals surface area contributed by atoms with E-state index in [1.54, 1.807) is 17.4 Å². The van der Waals surface area contributed by atoms with Crippen molar-refractivity contribution in [2.24, 2.45) is 0 Å². The van der Waals surface area contributed by atoms with Crippen LogP contribution < -0.4 is 10.2 Å². The highest BCUT2D eigenvalue weighted by molar-refractivity contribution is 7.25. The van der Waals surface area contributed by atoms with Crippen molar-refractivity contribution in [3.63, 3.8) is 0 Å².